The first-order valence-electron chi connectivity index (χ1n) is 6.52. The zero-order valence-electron chi connectivity index (χ0n) is 12.6. The average Bonchev–Trinajstić information content (AvgIpc) is 2.99. The molecule has 6 nitrogen and oxygen atoms in total. The van der Waals surface area contributed by atoms with Gasteiger partial charge < -0.3 is 14.8 Å². The molecule has 2 aromatic heterocycles. The normalized spacial score (nSPS) is 11.8. The van der Waals surface area contributed by atoms with Crippen molar-refractivity contribution in [3.8, 4) is 0 Å². The summed E-state index contributed by atoms with van der Waals surface area (Å²) in [7, 11) is 5.76. The van der Waals surface area contributed by atoms with Gasteiger partial charge in [0.15, 0.2) is 11.8 Å². The van der Waals surface area contributed by atoms with E-state index in [2.05, 4.69) is 53.5 Å². The van der Waals surface area contributed by atoms with Crippen LogP contribution in [0.3, 0.4) is 0 Å². The van der Waals surface area contributed by atoms with Crippen molar-refractivity contribution in [2.24, 2.45) is 12.0 Å². The maximum absolute atomic E-state index is 4.31. The third-order valence-corrected chi connectivity index (χ3v) is 4.79. The molecule has 0 amide bonds. The minimum atomic E-state index is 0.600. The van der Waals surface area contributed by atoms with Crippen LogP contribution in [-0.4, -0.2) is 39.7 Å². The Hall–Kier alpha value is -1.41. The number of nitrogens with one attached hydrogen (secondary N) is 1. The lowest BCUT2D eigenvalue weighted by molar-refractivity contribution is 0.479. The van der Waals surface area contributed by atoms with Crippen LogP contribution in [0, 0.1) is 6.92 Å². The molecule has 0 radical (unpaired) electrons. The summed E-state index contributed by atoms with van der Waals surface area (Å²) in [4.78, 5) is 7.67. The molecule has 0 saturated heterocycles. The first kappa shape index (κ1) is 16.0. The number of hydrogen-bond acceptors (Lipinski definition) is 4. The van der Waals surface area contributed by atoms with Crippen molar-refractivity contribution in [3.05, 3.63) is 32.4 Å². The van der Waals surface area contributed by atoms with Gasteiger partial charge in [0.1, 0.15) is 5.82 Å². The van der Waals surface area contributed by atoms with Crippen LogP contribution in [0.15, 0.2) is 20.9 Å². The van der Waals surface area contributed by atoms with Gasteiger partial charge in [-0.2, -0.15) is 0 Å². The van der Waals surface area contributed by atoms with Gasteiger partial charge in [0.25, 0.3) is 0 Å². The second-order valence-electron chi connectivity index (χ2n) is 4.69. The van der Waals surface area contributed by atoms with Crippen LogP contribution in [-0.2, 0) is 20.1 Å². The van der Waals surface area contributed by atoms with E-state index in [4.69, 9.17) is 0 Å². The van der Waals surface area contributed by atoms with E-state index in [1.54, 1.807) is 18.4 Å². The summed E-state index contributed by atoms with van der Waals surface area (Å²) in [6.45, 7) is 3.35. The van der Waals surface area contributed by atoms with E-state index in [1.165, 1.54) is 4.88 Å². The Labute approximate surface area is 137 Å². The fraction of sp³-hybridized carbons (Fsp3) is 0.462. The quantitative estimate of drug-likeness (QED) is 0.661. The van der Waals surface area contributed by atoms with Gasteiger partial charge in [-0.15, -0.1) is 21.5 Å². The van der Waals surface area contributed by atoms with Gasteiger partial charge >= 0.3 is 0 Å². The van der Waals surface area contributed by atoms with Crippen LogP contribution < -0.4 is 5.32 Å². The highest BCUT2D eigenvalue weighted by molar-refractivity contribution is 9.11. The highest BCUT2D eigenvalue weighted by atomic mass is 79.9. The van der Waals surface area contributed by atoms with Crippen LogP contribution in [0.1, 0.15) is 16.5 Å². The van der Waals surface area contributed by atoms with Crippen LogP contribution in [0.25, 0.3) is 0 Å². The smallest absolute Gasteiger partial charge is 0.194 e. The summed E-state index contributed by atoms with van der Waals surface area (Å²) in [5, 5.41) is 11.5. The first-order chi connectivity index (χ1) is 10.0. The number of thiophene rings is 1. The van der Waals surface area contributed by atoms with E-state index in [0.717, 1.165) is 27.9 Å². The fourth-order valence-electron chi connectivity index (χ4n) is 1.89. The van der Waals surface area contributed by atoms with Crippen molar-refractivity contribution >= 4 is 33.2 Å². The molecule has 0 aliphatic carbocycles. The maximum Gasteiger partial charge on any atom is 0.194 e. The number of aliphatic imine (C=N–C) groups is 1. The van der Waals surface area contributed by atoms with Crippen molar-refractivity contribution in [1.82, 2.24) is 25.0 Å². The highest BCUT2D eigenvalue weighted by Gasteiger charge is 2.10. The second kappa shape index (κ2) is 7.04. The molecular weight excluding hydrogens is 352 g/mol. The third-order valence-electron chi connectivity index (χ3n) is 3.18. The van der Waals surface area contributed by atoms with E-state index in [9.17, 15) is 0 Å². The summed E-state index contributed by atoms with van der Waals surface area (Å²) >= 11 is 5.21. The molecule has 0 aromatic carbocycles. The molecule has 0 atom stereocenters. The second-order valence-corrected chi connectivity index (χ2v) is 7.23. The molecule has 0 fully saturated rings. The molecule has 2 heterocycles. The molecule has 0 aliphatic rings. The molecule has 114 valence electrons. The molecule has 21 heavy (non-hydrogen) atoms. The van der Waals surface area contributed by atoms with Gasteiger partial charge in [0, 0.05) is 26.0 Å². The number of aromatic nitrogens is 3. The Morgan fingerprint density at radius 1 is 1.48 bits per heavy atom. The summed E-state index contributed by atoms with van der Waals surface area (Å²) in [5.41, 5.74) is 0. The van der Waals surface area contributed by atoms with Crippen molar-refractivity contribution in [2.45, 2.75) is 20.0 Å². The number of guanidine groups is 1. The summed E-state index contributed by atoms with van der Waals surface area (Å²) in [5.74, 6) is 2.62. The van der Waals surface area contributed by atoms with Gasteiger partial charge in [-0.05, 0) is 35.0 Å². The fourth-order valence-corrected chi connectivity index (χ4v) is 3.43. The van der Waals surface area contributed by atoms with E-state index in [-0.39, 0.29) is 0 Å². The largest absolute Gasteiger partial charge is 0.349 e. The summed E-state index contributed by atoms with van der Waals surface area (Å²) in [6, 6.07) is 4.18. The molecule has 0 unspecified atom stereocenters. The van der Waals surface area contributed by atoms with Crippen LogP contribution >= 0.6 is 27.3 Å². The van der Waals surface area contributed by atoms with Crippen LogP contribution in [0.5, 0.6) is 0 Å². The number of aryl methyl sites for hydroxylation is 1. The van der Waals surface area contributed by atoms with Crippen molar-refractivity contribution in [1.29, 1.82) is 0 Å². The zero-order valence-corrected chi connectivity index (χ0v) is 15.0. The summed E-state index contributed by atoms with van der Waals surface area (Å²) in [6.07, 6.45) is 0. The molecule has 0 saturated carbocycles. The molecule has 0 spiro atoms. The monoisotopic (exact) mass is 370 g/mol. The molecular formula is C13H19BrN6S. The predicted molar refractivity (Wildman–Crippen MR) is 89.4 cm³/mol. The Morgan fingerprint density at radius 2 is 2.24 bits per heavy atom. The van der Waals surface area contributed by atoms with Gasteiger partial charge in [-0.3, -0.25) is 4.99 Å². The minimum absolute atomic E-state index is 0.600. The van der Waals surface area contributed by atoms with Crippen LogP contribution in [0.4, 0.5) is 0 Å². The third kappa shape index (κ3) is 4.04. The summed E-state index contributed by atoms with van der Waals surface area (Å²) < 4.78 is 3.11. The Balaban J connectivity index is 1.95. The average molecular weight is 371 g/mol. The lowest BCUT2D eigenvalue weighted by Gasteiger charge is -2.21. The van der Waals surface area contributed by atoms with Crippen molar-refractivity contribution in [3.63, 3.8) is 0 Å². The molecule has 1 N–H and O–H groups in total. The lowest BCUT2D eigenvalue weighted by atomic mass is 10.4. The van der Waals surface area contributed by atoms with Crippen molar-refractivity contribution < 1.29 is 0 Å². The van der Waals surface area contributed by atoms with E-state index in [0.29, 0.717) is 6.54 Å². The van der Waals surface area contributed by atoms with Gasteiger partial charge in [-0.1, -0.05) is 0 Å². The SMILES string of the molecule is CN=C(NCc1nnc(C)n1C)N(C)Cc1ccc(Br)s1. The molecule has 8 heteroatoms. The topological polar surface area (TPSA) is 58.3 Å². The Bertz CT molecular complexity index is 632. The molecule has 0 aliphatic heterocycles. The Kier molecular flexibility index (Phi) is 5.35. The number of rotatable bonds is 4. The minimum Gasteiger partial charge on any atom is -0.349 e. The van der Waals surface area contributed by atoms with E-state index >= 15 is 0 Å². The van der Waals surface area contributed by atoms with Gasteiger partial charge in [-0.25, -0.2) is 0 Å². The van der Waals surface area contributed by atoms with E-state index < -0.39 is 0 Å². The van der Waals surface area contributed by atoms with Crippen LogP contribution in [0.2, 0.25) is 0 Å². The van der Waals surface area contributed by atoms with Crippen molar-refractivity contribution in [2.75, 3.05) is 14.1 Å². The first-order valence-corrected chi connectivity index (χ1v) is 8.13. The maximum atomic E-state index is 4.31. The standard InChI is InChI=1S/C13H19BrN6S/c1-9-17-18-12(20(9)4)7-16-13(15-2)19(3)8-10-5-6-11(14)21-10/h5-6H,7-8H2,1-4H3,(H,15,16). The lowest BCUT2D eigenvalue weighted by Crippen LogP contribution is -2.38. The predicted octanol–water partition coefficient (Wildman–Crippen LogP) is 2.15. The number of hydrogen-bond donors (Lipinski definition) is 1. The molecule has 2 rings (SSSR count). The number of nitrogens with zero attached hydrogens (tertiary/aromatic N) is 5. The van der Waals surface area contributed by atoms with Gasteiger partial charge in [0.2, 0.25) is 0 Å². The zero-order chi connectivity index (χ0) is 15.4. The Morgan fingerprint density at radius 3 is 2.76 bits per heavy atom. The highest BCUT2D eigenvalue weighted by Crippen LogP contribution is 2.22. The van der Waals surface area contributed by atoms with Gasteiger partial charge in [0.05, 0.1) is 16.9 Å². The number of halogens is 1. The molecule has 0 bridgehead atoms. The molecule has 2 aromatic rings. The van der Waals surface area contributed by atoms with E-state index in [1.807, 2.05) is 25.6 Å².